The Hall–Kier alpha value is -1.63. The van der Waals surface area contributed by atoms with Crippen LogP contribution in [0.5, 0.6) is 5.75 Å². The van der Waals surface area contributed by atoms with Gasteiger partial charge in [-0.15, -0.1) is 0 Å². The van der Waals surface area contributed by atoms with Gasteiger partial charge in [-0.2, -0.15) is 0 Å². The van der Waals surface area contributed by atoms with Crippen molar-refractivity contribution < 1.29 is 17.5 Å². The highest BCUT2D eigenvalue weighted by molar-refractivity contribution is 7.90. The van der Waals surface area contributed by atoms with Crippen molar-refractivity contribution in [2.45, 2.75) is 30.9 Å². The Morgan fingerprint density at radius 1 is 1.16 bits per heavy atom. The Bertz CT molecular complexity index is 825. The number of benzene rings is 2. The number of ether oxygens (including phenoxy) is 1. The zero-order valence-electron chi connectivity index (χ0n) is 14.3. The second-order valence-electron chi connectivity index (χ2n) is 5.97. The van der Waals surface area contributed by atoms with Crippen LogP contribution in [0.1, 0.15) is 25.5 Å². The van der Waals surface area contributed by atoms with Gasteiger partial charge in [0.15, 0.2) is 9.84 Å². The first-order valence-electron chi connectivity index (χ1n) is 7.82. The van der Waals surface area contributed by atoms with E-state index >= 15 is 0 Å². The minimum absolute atomic E-state index is 0.108. The maximum atomic E-state index is 14.0. The SMILES string of the molecule is CC(CNC(C)c1ccc(S(C)(=O)=O)c(F)c1)Oc1ccc(Cl)cc1. The van der Waals surface area contributed by atoms with Crippen molar-refractivity contribution in [1.29, 1.82) is 0 Å². The fourth-order valence-corrected chi connectivity index (χ4v) is 3.19. The Labute approximate surface area is 152 Å². The third-order valence-electron chi connectivity index (χ3n) is 3.72. The highest BCUT2D eigenvalue weighted by atomic mass is 35.5. The highest BCUT2D eigenvalue weighted by Gasteiger charge is 2.16. The maximum Gasteiger partial charge on any atom is 0.178 e. The summed E-state index contributed by atoms with van der Waals surface area (Å²) in [6.07, 6.45) is 0.881. The number of hydrogen-bond donors (Lipinski definition) is 1. The summed E-state index contributed by atoms with van der Waals surface area (Å²) in [6.45, 7) is 4.34. The molecular formula is C18H21ClFNO3S. The molecule has 0 fully saturated rings. The summed E-state index contributed by atoms with van der Waals surface area (Å²) in [5.74, 6) is -0.0194. The minimum atomic E-state index is -3.56. The van der Waals surface area contributed by atoms with Crippen LogP contribution in [0, 0.1) is 5.82 Å². The Kier molecular flexibility index (Phi) is 6.43. The molecule has 0 amide bonds. The van der Waals surface area contributed by atoms with E-state index < -0.39 is 15.7 Å². The van der Waals surface area contributed by atoms with Crippen molar-refractivity contribution >= 4 is 21.4 Å². The maximum absolute atomic E-state index is 14.0. The molecule has 0 saturated heterocycles. The molecule has 0 spiro atoms. The molecule has 0 heterocycles. The van der Waals surface area contributed by atoms with Crippen LogP contribution >= 0.6 is 11.6 Å². The summed E-state index contributed by atoms with van der Waals surface area (Å²) in [7, 11) is -3.56. The summed E-state index contributed by atoms with van der Waals surface area (Å²) in [5.41, 5.74) is 0.670. The van der Waals surface area contributed by atoms with E-state index in [-0.39, 0.29) is 17.0 Å². The molecule has 25 heavy (non-hydrogen) atoms. The average molecular weight is 386 g/mol. The van der Waals surface area contributed by atoms with Crippen molar-refractivity contribution in [3.63, 3.8) is 0 Å². The first kappa shape index (κ1) is 19.7. The van der Waals surface area contributed by atoms with Crippen LogP contribution in [0.25, 0.3) is 0 Å². The standard InChI is InChI=1S/C18H21ClFNO3S/c1-12(24-16-7-5-15(19)6-8-16)11-21-13(2)14-4-9-18(17(20)10-14)25(3,22)23/h4-10,12-13,21H,11H2,1-3H3. The molecule has 0 aliphatic carbocycles. The van der Waals surface area contributed by atoms with Crippen LogP contribution in [0.4, 0.5) is 4.39 Å². The average Bonchev–Trinajstić information content (AvgIpc) is 2.53. The molecule has 2 aromatic carbocycles. The van der Waals surface area contributed by atoms with E-state index in [2.05, 4.69) is 5.32 Å². The van der Waals surface area contributed by atoms with E-state index in [9.17, 15) is 12.8 Å². The molecule has 0 aliphatic heterocycles. The van der Waals surface area contributed by atoms with Crippen LogP contribution in [0.2, 0.25) is 5.02 Å². The first-order valence-corrected chi connectivity index (χ1v) is 10.1. The molecule has 2 unspecified atom stereocenters. The van der Waals surface area contributed by atoms with Gasteiger partial charge in [0.2, 0.25) is 0 Å². The number of nitrogens with one attached hydrogen (secondary N) is 1. The van der Waals surface area contributed by atoms with Gasteiger partial charge < -0.3 is 10.1 Å². The van der Waals surface area contributed by atoms with E-state index in [0.29, 0.717) is 17.1 Å². The van der Waals surface area contributed by atoms with Gasteiger partial charge in [0.05, 0.1) is 0 Å². The van der Waals surface area contributed by atoms with Crippen LogP contribution in [-0.2, 0) is 9.84 Å². The minimum Gasteiger partial charge on any atom is -0.489 e. The van der Waals surface area contributed by atoms with E-state index in [0.717, 1.165) is 12.0 Å². The monoisotopic (exact) mass is 385 g/mol. The van der Waals surface area contributed by atoms with Crippen molar-refractivity contribution in [3.8, 4) is 5.75 Å². The van der Waals surface area contributed by atoms with Crippen molar-refractivity contribution in [3.05, 3.63) is 58.9 Å². The molecule has 0 aromatic heterocycles. The molecule has 2 aromatic rings. The van der Waals surface area contributed by atoms with E-state index in [1.54, 1.807) is 30.3 Å². The number of sulfone groups is 1. The second-order valence-corrected chi connectivity index (χ2v) is 8.39. The molecule has 4 nitrogen and oxygen atoms in total. The Balaban J connectivity index is 1.94. The lowest BCUT2D eigenvalue weighted by Crippen LogP contribution is -2.31. The smallest absolute Gasteiger partial charge is 0.178 e. The normalized spacial score (nSPS) is 14.1. The van der Waals surface area contributed by atoms with Crippen molar-refractivity contribution in [2.24, 2.45) is 0 Å². The fraction of sp³-hybridized carbons (Fsp3) is 0.333. The van der Waals surface area contributed by atoms with Crippen LogP contribution in [0.3, 0.4) is 0 Å². The Morgan fingerprint density at radius 3 is 2.36 bits per heavy atom. The molecule has 0 bridgehead atoms. The first-order chi connectivity index (χ1) is 11.7. The number of hydrogen-bond acceptors (Lipinski definition) is 4. The highest BCUT2D eigenvalue weighted by Crippen LogP contribution is 2.21. The van der Waals surface area contributed by atoms with Gasteiger partial charge in [0.25, 0.3) is 0 Å². The predicted molar refractivity (Wildman–Crippen MR) is 97.5 cm³/mol. The lowest BCUT2D eigenvalue weighted by Gasteiger charge is -2.20. The quantitative estimate of drug-likeness (QED) is 0.782. The largest absolute Gasteiger partial charge is 0.489 e. The topological polar surface area (TPSA) is 55.4 Å². The molecule has 7 heteroatoms. The van der Waals surface area contributed by atoms with Gasteiger partial charge in [-0.3, -0.25) is 0 Å². The van der Waals surface area contributed by atoms with Crippen LogP contribution in [-0.4, -0.2) is 27.3 Å². The van der Waals surface area contributed by atoms with Gasteiger partial charge in [-0.25, -0.2) is 12.8 Å². The molecule has 1 N–H and O–H groups in total. The summed E-state index contributed by atoms with van der Waals surface area (Å²) in [5, 5.41) is 3.89. The molecule has 0 aliphatic rings. The fourth-order valence-electron chi connectivity index (χ4n) is 2.33. The summed E-state index contributed by atoms with van der Waals surface area (Å²) >= 11 is 5.83. The Morgan fingerprint density at radius 2 is 1.80 bits per heavy atom. The summed E-state index contributed by atoms with van der Waals surface area (Å²) < 4.78 is 42.7. The number of rotatable bonds is 7. The van der Waals surface area contributed by atoms with Gasteiger partial charge in [0.1, 0.15) is 22.6 Å². The third-order valence-corrected chi connectivity index (χ3v) is 5.10. The predicted octanol–water partition coefficient (Wildman–Crippen LogP) is 4.00. The van der Waals surface area contributed by atoms with Crippen molar-refractivity contribution in [1.82, 2.24) is 5.32 Å². The van der Waals surface area contributed by atoms with Gasteiger partial charge in [-0.1, -0.05) is 17.7 Å². The summed E-state index contributed by atoms with van der Waals surface area (Å²) in [6, 6.07) is 11.1. The molecule has 2 rings (SSSR count). The van der Waals surface area contributed by atoms with Gasteiger partial charge >= 0.3 is 0 Å². The molecular weight excluding hydrogens is 365 g/mol. The van der Waals surface area contributed by atoms with E-state index in [4.69, 9.17) is 16.3 Å². The molecule has 0 radical (unpaired) electrons. The lowest BCUT2D eigenvalue weighted by atomic mass is 10.1. The summed E-state index contributed by atoms with van der Waals surface area (Å²) in [4.78, 5) is -0.289. The molecule has 0 saturated carbocycles. The molecule has 136 valence electrons. The van der Waals surface area contributed by atoms with Crippen molar-refractivity contribution in [2.75, 3.05) is 12.8 Å². The molecule has 2 atom stereocenters. The van der Waals surface area contributed by atoms with E-state index in [1.165, 1.54) is 12.1 Å². The lowest BCUT2D eigenvalue weighted by molar-refractivity contribution is 0.212. The van der Waals surface area contributed by atoms with Crippen LogP contribution < -0.4 is 10.1 Å². The number of halogens is 2. The zero-order valence-corrected chi connectivity index (χ0v) is 15.9. The van der Waals surface area contributed by atoms with Gasteiger partial charge in [0, 0.05) is 23.9 Å². The third kappa shape index (κ3) is 5.70. The van der Waals surface area contributed by atoms with Crippen LogP contribution in [0.15, 0.2) is 47.4 Å². The van der Waals surface area contributed by atoms with E-state index in [1.807, 2.05) is 13.8 Å². The second kappa shape index (κ2) is 8.17. The zero-order chi connectivity index (χ0) is 18.6. The van der Waals surface area contributed by atoms with Gasteiger partial charge in [-0.05, 0) is 55.8 Å².